The Hall–Kier alpha value is -2.81. The summed E-state index contributed by atoms with van der Waals surface area (Å²) in [5.74, 6) is 1.48. The highest BCUT2D eigenvalue weighted by molar-refractivity contribution is 5.68. The van der Waals surface area contributed by atoms with Gasteiger partial charge in [-0.15, -0.1) is 0 Å². The lowest BCUT2D eigenvalue weighted by molar-refractivity contribution is -0.0561. The fourth-order valence-corrected chi connectivity index (χ4v) is 4.78. The van der Waals surface area contributed by atoms with Crippen LogP contribution in [-0.4, -0.2) is 82.3 Å². The molecule has 0 aromatic heterocycles. The number of aliphatic hydroxyl groups is 2. The highest BCUT2D eigenvalue weighted by Gasteiger charge is 2.36. The van der Waals surface area contributed by atoms with E-state index in [1.807, 2.05) is 63.2 Å². The number of hydrogen-bond donors (Lipinski definition) is 2. The summed E-state index contributed by atoms with van der Waals surface area (Å²) in [6.45, 7) is 12.6. The summed E-state index contributed by atoms with van der Waals surface area (Å²) in [5, 5.41) is 21.5. The molecule has 2 heterocycles. The van der Waals surface area contributed by atoms with Crippen LogP contribution < -0.4 is 9.47 Å². The minimum absolute atomic E-state index is 0.171. The lowest BCUT2D eigenvalue weighted by Crippen LogP contribution is -2.50. The smallest absolute Gasteiger partial charge is 0.410 e. The predicted octanol–water partition coefficient (Wildman–Crippen LogP) is 4.07. The number of carbonyl (C=O) groups excluding carboxylic acids is 1. The second-order valence-electron chi connectivity index (χ2n) is 11.8. The summed E-state index contributed by atoms with van der Waals surface area (Å²) in [6, 6.07) is 13.8. The minimum atomic E-state index is -0.978. The molecule has 0 saturated carbocycles. The first-order valence-electron chi connectivity index (χ1n) is 13.5. The Morgan fingerprint density at radius 2 is 1.66 bits per heavy atom. The molecule has 2 fully saturated rings. The zero-order valence-electron chi connectivity index (χ0n) is 23.3. The largest absolute Gasteiger partial charge is 0.491 e. The maximum atomic E-state index is 12.3. The van der Waals surface area contributed by atoms with Gasteiger partial charge in [-0.2, -0.15) is 0 Å². The number of likely N-dealkylation sites (tertiary alicyclic amines) is 2. The zero-order valence-corrected chi connectivity index (χ0v) is 23.3. The van der Waals surface area contributed by atoms with E-state index in [1.165, 1.54) is 11.1 Å². The van der Waals surface area contributed by atoms with Gasteiger partial charge >= 0.3 is 6.09 Å². The Balaban J connectivity index is 1.22. The molecule has 8 heteroatoms. The van der Waals surface area contributed by atoms with Crippen LogP contribution in [0.5, 0.6) is 11.5 Å². The van der Waals surface area contributed by atoms with Crippen molar-refractivity contribution in [3.63, 3.8) is 0 Å². The van der Waals surface area contributed by atoms with Gasteiger partial charge in [0.05, 0.1) is 0 Å². The summed E-state index contributed by atoms with van der Waals surface area (Å²) in [5.41, 5.74) is 1.99. The number of aliphatic hydroxyl groups excluding tert-OH is 1. The lowest BCUT2D eigenvalue weighted by Gasteiger charge is -2.38. The first kappa shape index (κ1) is 28.2. The van der Waals surface area contributed by atoms with Crippen LogP contribution in [0.15, 0.2) is 42.5 Å². The average molecular weight is 527 g/mol. The number of carbonyl (C=O) groups is 1. The molecule has 2 aliphatic rings. The van der Waals surface area contributed by atoms with E-state index in [2.05, 4.69) is 18.7 Å². The van der Waals surface area contributed by atoms with Crippen molar-refractivity contribution in [3.8, 4) is 11.5 Å². The summed E-state index contributed by atoms with van der Waals surface area (Å²) < 4.78 is 17.4. The minimum Gasteiger partial charge on any atom is -0.491 e. The van der Waals surface area contributed by atoms with E-state index in [4.69, 9.17) is 14.2 Å². The van der Waals surface area contributed by atoms with Crippen molar-refractivity contribution in [3.05, 3.63) is 59.2 Å². The number of amides is 1. The number of benzene rings is 2. The molecular weight excluding hydrogens is 484 g/mol. The van der Waals surface area contributed by atoms with Gasteiger partial charge < -0.3 is 29.3 Å². The Bertz CT molecular complexity index is 1090. The van der Waals surface area contributed by atoms with Gasteiger partial charge in [0.25, 0.3) is 0 Å². The van der Waals surface area contributed by atoms with E-state index in [0.29, 0.717) is 51.3 Å². The fourth-order valence-electron chi connectivity index (χ4n) is 4.78. The van der Waals surface area contributed by atoms with Crippen LogP contribution in [0.2, 0.25) is 0 Å². The van der Waals surface area contributed by atoms with Gasteiger partial charge in [0.15, 0.2) is 0 Å². The molecule has 8 nitrogen and oxygen atoms in total. The molecule has 2 N–H and O–H groups in total. The van der Waals surface area contributed by atoms with Gasteiger partial charge in [-0.1, -0.05) is 18.2 Å². The van der Waals surface area contributed by atoms with Crippen LogP contribution in [0.25, 0.3) is 0 Å². The van der Waals surface area contributed by atoms with Crippen LogP contribution in [0, 0.1) is 13.8 Å². The topological polar surface area (TPSA) is 91.7 Å². The molecule has 2 aliphatic heterocycles. The third-order valence-electron chi connectivity index (χ3n) is 7.26. The molecule has 1 amide bonds. The molecule has 0 bridgehead atoms. The summed E-state index contributed by atoms with van der Waals surface area (Å²) in [6.07, 6.45) is -0.270. The molecule has 2 saturated heterocycles. The average Bonchev–Trinajstić information content (AvgIpc) is 3.18. The Labute approximate surface area is 226 Å². The van der Waals surface area contributed by atoms with Crippen molar-refractivity contribution < 1.29 is 29.2 Å². The quantitative estimate of drug-likeness (QED) is 0.562. The van der Waals surface area contributed by atoms with Crippen LogP contribution in [-0.2, 0) is 11.3 Å². The summed E-state index contributed by atoms with van der Waals surface area (Å²) in [4.78, 5) is 16.1. The summed E-state index contributed by atoms with van der Waals surface area (Å²) in [7, 11) is 0. The molecule has 4 rings (SSSR count). The molecule has 0 unspecified atom stereocenters. The molecule has 2 aromatic rings. The lowest BCUT2D eigenvalue weighted by atomic mass is 9.92. The molecule has 38 heavy (non-hydrogen) atoms. The van der Waals surface area contributed by atoms with Gasteiger partial charge in [0.2, 0.25) is 0 Å². The van der Waals surface area contributed by atoms with Crippen molar-refractivity contribution in [2.75, 3.05) is 32.8 Å². The second kappa shape index (κ2) is 11.5. The third-order valence-corrected chi connectivity index (χ3v) is 7.26. The van der Waals surface area contributed by atoms with E-state index in [-0.39, 0.29) is 18.8 Å². The monoisotopic (exact) mass is 526 g/mol. The normalized spacial score (nSPS) is 21.8. The first-order chi connectivity index (χ1) is 17.9. The van der Waals surface area contributed by atoms with Crippen molar-refractivity contribution in [2.45, 2.75) is 77.4 Å². The van der Waals surface area contributed by atoms with Crippen LogP contribution in [0.4, 0.5) is 4.79 Å². The molecule has 2 aromatic carbocycles. The van der Waals surface area contributed by atoms with Gasteiger partial charge in [0.1, 0.15) is 41.5 Å². The van der Waals surface area contributed by atoms with Gasteiger partial charge in [-0.05, 0) is 88.4 Å². The maximum Gasteiger partial charge on any atom is 0.410 e. The Kier molecular flexibility index (Phi) is 8.55. The van der Waals surface area contributed by atoms with Crippen molar-refractivity contribution in [1.29, 1.82) is 0 Å². The van der Waals surface area contributed by atoms with E-state index >= 15 is 0 Å². The number of piperidine rings is 1. The standard InChI is InChI=1S/C30H42N2O6/c1-21-6-9-25(16-22(21)2)37-27-19-31(18-26(27)33)17-23-7-10-24(11-8-23)36-20-30(35)12-14-32(15-13-30)28(34)38-29(3,4)5/h6-11,16,26-27,33,35H,12-15,17-20H2,1-5H3/t26-,27-/m0/s1. The van der Waals surface area contributed by atoms with Gasteiger partial charge in [-0.25, -0.2) is 4.79 Å². The van der Waals surface area contributed by atoms with Crippen LogP contribution in [0.1, 0.15) is 50.3 Å². The summed E-state index contributed by atoms with van der Waals surface area (Å²) >= 11 is 0. The molecule has 0 aliphatic carbocycles. The maximum absolute atomic E-state index is 12.3. The molecule has 208 valence electrons. The molecule has 0 spiro atoms. The third kappa shape index (κ3) is 7.62. The van der Waals surface area contributed by atoms with E-state index in [0.717, 1.165) is 11.3 Å². The number of β-amino-alcohol motifs (C(OH)–C–C–N with tert-alkyl or cyclic N) is 1. The second-order valence-corrected chi connectivity index (χ2v) is 11.8. The number of nitrogens with zero attached hydrogens (tertiary/aromatic N) is 2. The van der Waals surface area contributed by atoms with Crippen molar-refractivity contribution in [2.24, 2.45) is 0 Å². The molecule has 0 radical (unpaired) electrons. The van der Waals surface area contributed by atoms with E-state index < -0.39 is 17.3 Å². The number of ether oxygens (including phenoxy) is 3. The highest BCUT2D eigenvalue weighted by atomic mass is 16.6. The zero-order chi connectivity index (χ0) is 27.5. The van der Waals surface area contributed by atoms with E-state index in [9.17, 15) is 15.0 Å². The number of rotatable bonds is 7. The van der Waals surface area contributed by atoms with Gasteiger partial charge in [0, 0.05) is 32.7 Å². The fraction of sp³-hybridized carbons (Fsp3) is 0.567. The molecule has 2 atom stereocenters. The number of aryl methyl sites for hydroxylation is 2. The van der Waals surface area contributed by atoms with E-state index in [1.54, 1.807) is 4.90 Å². The Morgan fingerprint density at radius 3 is 2.29 bits per heavy atom. The Morgan fingerprint density at radius 1 is 1.00 bits per heavy atom. The highest BCUT2D eigenvalue weighted by Crippen LogP contribution is 2.26. The SMILES string of the molecule is Cc1ccc(O[C@H]2CN(Cc3ccc(OCC4(O)CCN(C(=O)OC(C)(C)C)CC4)cc3)C[C@@H]2O)cc1C. The van der Waals surface area contributed by atoms with Crippen LogP contribution in [0.3, 0.4) is 0 Å². The van der Waals surface area contributed by atoms with Crippen molar-refractivity contribution in [1.82, 2.24) is 9.80 Å². The van der Waals surface area contributed by atoms with Gasteiger partial charge in [-0.3, -0.25) is 4.90 Å². The predicted molar refractivity (Wildman–Crippen MR) is 146 cm³/mol. The molecular formula is C30H42N2O6. The first-order valence-corrected chi connectivity index (χ1v) is 13.5. The van der Waals surface area contributed by atoms with Crippen LogP contribution >= 0.6 is 0 Å². The van der Waals surface area contributed by atoms with Crippen molar-refractivity contribution >= 4 is 6.09 Å². The number of hydrogen-bond acceptors (Lipinski definition) is 7.